The molecule has 2 rings (SSSR count). The molecular weight excluding hydrogens is 252 g/mol. The van der Waals surface area contributed by atoms with Crippen molar-refractivity contribution in [2.75, 3.05) is 26.3 Å². The third kappa shape index (κ3) is 3.96. The number of para-hydroxylation sites is 1. The van der Waals surface area contributed by atoms with Gasteiger partial charge in [-0.05, 0) is 37.9 Å². The highest BCUT2D eigenvalue weighted by atomic mass is 16.5. The Labute approximate surface area is 120 Å². The summed E-state index contributed by atoms with van der Waals surface area (Å²) >= 11 is 0. The van der Waals surface area contributed by atoms with Gasteiger partial charge in [0.05, 0.1) is 18.8 Å². The lowest BCUT2D eigenvalue weighted by molar-refractivity contribution is 0.0851. The molecule has 1 saturated heterocycles. The summed E-state index contributed by atoms with van der Waals surface area (Å²) in [6, 6.07) is 9.76. The molecule has 1 unspecified atom stereocenters. The van der Waals surface area contributed by atoms with E-state index in [2.05, 4.69) is 11.0 Å². The van der Waals surface area contributed by atoms with Gasteiger partial charge in [-0.15, -0.1) is 0 Å². The van der Waals surface area contributed by atoms with Crippen molar-refractivity contribution >= 4 is 0 Å². The summed E-state index contributed by atoms with van der Waals surface area (Å²) in [6.07, 6.45) is 4.44. The first-order valence-electron chi connectivity index (χ1n) is 7.32. The summed E-state index contributed by atoms with van der Waals surface area (Å²) in [5.74, 6) is 0.660. The zero-order valence-corrected chi connectivity index (χ0v) is 11.8. The third-order valence-electron chi connectivity index (χ3n) is 3.81. The number of ether oxygens (including phenoxy) is 1. The van der Waals surface area contributed by atoms with E-state index in [9.17, 15) is 5.11 Å². The van der Waals surface area contributed by atoms with E-state index in [0.29, 0.717) is 24.0 Å². The minimum absolute atomic E-state index is 0.248. The van der Waals surface area contributed by atoms with Crippen molar-refractivity contribution in [3.05, 3.63) is 29.8 Å². The lowest BCUT2D eigenvalue weighted by Gasteiger charge is -2.34. The van der Waals surface area contributed by atoms with Crippen LogP contribution in [0, 0.1) is 11.3 Å². The van der Waals surface area contributed by atoms with E-state index in [-0.39, 0.29) is 6.61 Å². The lowest BCUT2D eigenvalue weighted by Crippen LogP contribution is -2.42. The van der Waals surface area contributed by atoms with Gasteiger partial charge < -0.3 is 9.84 Å². The number of hydrogen-bond donors (Lipinski definition) is 1. The zero-order chi connectivity index (χ0) is 14.2. The van der Waals surface area contributed by atoms with E-state index < -0.39 is 0 Å². The maximum Gasteiger partial charge on any atom is 0.137 e. The van der Waals surface area contributed by atoms with Crippen LogP contribution in [0.25, 0.3) is 0 Å². The molecule has 1 fully saturated rings. The molecule has 1 aromatic rings. The third-order valence-corrected chi connectivity index (χ3v) is 3.81. The average Bonchev–Trinajstić information content (AvgIpc) is 2.52. The molecule has 0 saturated carbocycles. The monoisotopic (exact) mass is 274 g/mol. The van der Waals surface area contributed by atoms with Crippen LogP contribution in [0.5, 0.6) is 5.75 Å². The molecule has 108 valence electrons. The summed E-state index contributed by atoms with van der Waals surface area (Å²) < 4.78 is 5.68. The van der Waals surface area contributed by atoms with Crippen molar-refractivity contribution in [1.82, 2.24) is 4.90 Å². The van der Waals surface area contributed by atoms with Crippen LogP contribution in [0.2, 0.25) is 0 Å². The van der Waals surface area contributed by atoms with E-state index in [1.807, 2.05) is 18.2 Å². The van der Waals surface area contributed by atoms with Crippen LogP contribution in [-0.4, -0.2) is 42.4 Å². The fourth-order valence-electron chi connectivity index (χ4n) is 2.70. The highest BCUT2D eigenvalue weighted by Crippen LogP contribution is 2.18. The maximum absolute atomic E-state index is 9.36. The number of aliphatic hydroxyl groups is 1. The van der Waals surface area contributed by atoms with Gasteiger partial charge >= 0.3 is 0 Å². The van der Waals surface area contributed by atoms with E-state index >= 15 is 0 Å². The van der Waals surface area contributed by atoms with Crippen LogP contribution in [0.1, 0.15) is 31.2 Å². The van der Waals surface area contributed by atoms with Crippen molar-refractivity contribution in [3.63, 3.8) is 0 Å². The van der Waals surface area contributed by atoms with Gasteiger partial charge in [0.15, 0.2) is 0 Å². The molecule has 0 amide bonds. The Balaban J connectivity index is 1.75. The van der Waals surface area contributed by atoms with Crippen molar-refractivity contribution in [2.24, 2.45) is 0 Å². The molecule has 0 aromatic heterocycles. The second kappa shape index (κ2) is 7.88. The van der Waals surface area contributed by atoms with E-state index in [1.165, 1.54) is 12.8 Å². The predicted octanol–water partition coefficient (Wildman–Crippen LogP) is 2.17. The Bertz CT molecular complexity index is 456. The molecule has 0 bridgehead atoms. The van der Waals surface area contributed by atoms with Gasteiger partial charge in [0.25, 0.3) is 0 Å². The molecule has 0 aliphatic carbocycles. The quantitative estimate of drug-likeness (QED) is 0.808. The molecular formula is C16H22N2O2. The van der Waals surface area contributed by atoms with Gasteiger partial charge in [-0.3, -0.25) is 4.90 Å². The van der Waals surface area contributed by atoms with Crippen LogP contribution in [-0.2, 0) is 0 Å². The Hall–Kier alpha value is -1.57. The van der Waals surface area contributed by atoms with Gasteiger partial charge in [0, 0.05) is 12.6 Å². The largest absolute Gasteiger partial charge is 0.492 e. The first-order valence-corrected chi connectivity index (χ1v) is 7.32. The molecule has 1 aromatic carbocycles. The standard InChI is InChI=1S/C16H22N2O2/c17-12-14-6-1-2-8-16(14)20-11-5-10-18-9-4-3-7-15(18)13-19/h1-2,6,8,15,19H,3-5,7,9-11,13H2. The number of nitrogens with zero attached hydrogens (tertiary/aromatic N) is 2. The van der Waals surface area contributed by atoms with Crippen molar-refractivity contribution in [1.29, 1.82) is 5.26 Å². The molecule has 20 heavy (non-hydrogen) atoms. The lowest BCUT2D eigenvalue weighted by atomic mass is 10.0. The predicted molar refractivity (Wildman–Crippen MR) is 77.6 cm³/mol. The van der Waals surface area contributed by atoms with E-state index in [1.54, 1.807) is 6.07 Å². The Kier molecular flexibility index (Phi) is 5.85. The smallest absolute Gasteiger partial charge is 0.137 e. The molecule has 1 N–H and O–H groups in total. The van der Waals surface area contributed by atoms with Crippen LogP contribution >= 0.6 is 0 Å². The summed E-state index contributed by atoms with van der Waals surface area (Å²) in [5, 5.41) is 18.3. The highest BCUT2D eigenvalue weighted by Gasteiger charge is 2.20. The summed E-state index contributed by atoms with van der Waals surface area (Å²) in [5.41, 5.74) is 0.582. The van der Waals surface area contributed by atoms with Gasteiger partial charge in [-0.1, -0.05) is 18.6 Å². The summed E-state index contributed by atoms with van der Waals surface area (Å²) in [6.45, 7) is 2.87. The number of aliphatic hydroxyl groups excluding tert-OH is 1. The Morgan fingerprint density at radius 2 is 2.20 bits per heavy atom. The number of hydrogen-bond acceptors (Lipinski definition) is 4. The Morgan fingerprint density at radius 3 is 3.00 bits per heavy atom. The second-order valence-corrected chi connectivity index (χ2v) is 5.18. The molecule has 1 atom stereocenters. The van der Waals surface area contributed by atoms with Gasteiger partial charge in [0.1, 0.15) is 11.8 Å². The SMILES string of the molecule is N#Cc1ccccc1OCCCN1CCCCC1CO. The average molecular weight is 274 g/mol. The summed E-state index contributed by atoms with van der Waals surface area (Å²) in [4.78, 5) is 2.35. The van der Waals surface area contributed by atoms with Crippen LogP contribution in [0.4, 0.5) is 0 Å². The molecule has 0 spiro atoms. The number of likely N-dealkylation sites (tertiary alicyclic amines) is 1. The topological polar surface area (TPSA) is 56.5 Å². The van der Waals surface area contributed by atoms with Crippen LogP contribution < -0.4 is 4.74 Å². The highest BCUT2D eigenvalue weighted by molar-refractivity contribution is 5.42. The van der Waals surface area contributed by atoms with Crippen LogP contribution in [0.3, 0.4) is 0 Å². The van der Waals surface area contributed by atoms with Gasteiger partial charge in [-0.2, -0.15) is 5.26 Å². The Morgan fingerprint density at radius 1 is 1.35 bits per heavy atom. The van der Waals surface area contributed by atoms with Gasteiger partial charge in [0.2, 0.25) is 0 Å². The number of nitriles is 1. The van der Waals surface area contributed by atoms with E-state index in [0.717, 1.165) is 25.9 Å². The first-order chi connectivity index (χ1) is 9.85. The zero-order valence-electron chi connectivity index (χ0n) is 11.8. The molecule has 1 aliphatic rings. The second-order valence-electron chi connectivity index (χ2n) is 5.18. The number of piperidine rings is 1. The minimum atomic E-state index is 0.248. The van der Waals surface area contributed by atoms with Gasteiger partial charge in [-0.25, -0.2) is 0 Å². The fourth-order valence-corrected chi connectivity index (χ4v) is 2.70. The van der Waals surface area contributed by atoms with E-state index in [4.69, 9.17) is 10.00 Å². The minimum Gasteiger partial charge on any atom is -0.492 e. The fraction of sp³-hybridized carbons (Fsp3) is 0.562. The molecule has 1 heterocycles. The maximum atomic E-state index is 9.36. The van der Waals surface area contributed by atoms with Crippen LogP contribution in [0.15, 0.2) is 24.3 Å². The first kappa shape index (κ1) is 14.8. The molecule has 1 aliphatic heterocycles. The molecule has 4 nitrogen and oxygen atoms in total. The van der Waals surface area contributed by atoms with Crippen molar-refractivity contribution in [3.8, 4) is 11.8 Å². The number of rotatable bonds is 6. The summed E-state index contributed by atoms with van der Waals surface area (Å²) in [7, 11) is 0. The normalized spacial score (nSPS) is 19.5. The number of benzene rings is 1. The molecule has 4 heteroatoms. The van der Waals surface area contributed by atoms with Crippen molar-refractivity contribution in [2.45, 2.75) is 31.7 Å². The van der Waals surface area contributed by atoms with Crippen molar-refractivity contribution < 1.29 is 9.84 Å². The molecule has 0 radical (unpaired) electrons.